The first-order chi connectivity index (χ1) is 11.6. The summed E-state index contributed by atoms with van der Waals surface area (Å²) in [5, 5.41) is 4.82. The highest BCUT2D eigenvalue weighted by Crippen LogP contribution is 2.11. The van der Waals surface area contributed by atoms with Crippen LogP contribution in [0.4, 0.5) is 0 Å². The van der Waals surface area contributed by atoms with Crippen LogP contribution in [-0.2, 0) is 11.3 Å². The van der Waals surface area contributed by atoms with Gasteiger partial charge in [0.15, 0.2) is 5.65 Å². The monoisotopic (exact) mass is 344 g/mol. The number of carbonyl (C=O) groups excluding carboxylic acids is 1. The molecule has 0 atom stereocenters. The third-order valence-electron chi connectivity index (χ3n) is 3.30. The number of esters is 1. The topological polar surface area (TPSA) is 87.0 Å². The van der Waals surface area contributed by atoms with Crippen molar-refractivity contribution in [2.75, 3.05) is 6.61 Å². The van der Waals surface area contributed by atoms with Crippen molar-refractivity contribution in [1.82, 2.24) is 19.7 Å². The summed E-state index contributed by atoms with van der Waals surface area (Å²) in [6.07, 6.45) is 3.16. The third-order valence-corrected chi connectivity index (χ3v) is 3.52. The Bertz CT molecular complexity index is 954. The number of carbonyl (C=O) groups is 1. The molecule has 0 aliphatic heterocycles. The highest BCUT2D eigenvalue weighted by Gasteiger charge is 2.19. The minimum absolute atomic E-state index is 0.159. The molecular weight excluding hydrogens is 332 g/mol. The Morgan fingerprint density at radius 3 is 2.83 bits per heavy atom. The van der Waals surface area contributed by atoms with Crippen LogP contribution in [0.1, 0.15) is 23.0 Å². The molecule has 0 saturated heterocycles. The first kappa shape index (κ1) is 16.1. The predicted molar refractivity (Wildman–Crippen MR) is 88.1 cm³/mol. The predicted octanol–water partition coefficient (Wildman–Crippen LogP) is 2.06. The molecule has 0 bridgehead atoms. The van der Waals surface area contributed by atoms with Gasteiger partial charge in [0.25, 0.3) is 0 Å². The Balaban J connectivity index is 2.15. The van der Waals surface area contributed by atoms with Gasteiger partial charge in [-0.3, -0.25) is 4.79 Å². The van der Waals surface area contributed by atoms with Crippen LogP contribution in [0.15, 0.2) is 41.5 Å². The van der Waals surface area contributed by atoms with Crippen molar-refractivity contribution in [3.05, 3.63) is 63.3 Å². The van der Waals surface area contributed by atoms with Gasteiger partial charge < -0.3 is 4.74 Å². The summed E-state index contributed by atoms with van der Waals surface area (Å²) < 4.78 is 6.39. The van der Waals surface area contributed by atoms with Gasteiger partial charge in [0.1, 0.15) is 5.15 Å². The number of aromatic nitrogens is 4. The number of ether oxygens (including phenoxy) is 1. The lowest BCUT2D eigenvalue weighted by atomic mass is 10.2. The molecule has 0 unspecified atom stereocenters. The van der Waals surface area contributed by atoms with Gasteiger partial charge >= 0.3 is 5.97 Å². The van der Waals surface area contributed by atoms with E-state index in [1.807, 2.05) is 0 Å². The number of pyridine rings is 2. The molecule has 0 amide bonds. The second-order valence-corrected chi connectivity index (χ2v) is 5.31. The lowest BCUT2D eigenvalue weighted by molar-refractivity contribution is 0.0515. The van der Waals surface area contributed by atoms with Gasteiger partial charge in [0.2, 0.25) is 11.1 Å². The second kappa shape index (κ2) is 6.76. The van der Waals surface area contributed by atoms with Gasteiger partial charge in [-0.15, -0.1) is 0 Å². The van der Waals surface area contributed by atoms with E-state index in [0.29, 0.717) is 16.2 Å². The van der Waals surface area contributed by atoms with Crippen LogP contribution in [0.3, 0.4) is 0 Å². The minimum Gasteiger partial charge on any atom is -0.461 e. The molecule has 3 aromatic heterocycles. The zero-order valence-corrected chi connectivity index (χ0v) is 13.5. The van der Waals surface area contributed by atoms with Crippen LogP contribution in [0.2, 0.25) is 5.15 Å². The van der Waals surface area contributed by atoms with Gasteiger partial charge in [0.05, 0.1) is 18.5 Å². The van der Waals surface area contributed by atoms with Crippen molar-refractivity contribution >= 4 is 28.6 Å². The Morgan fingerprint density at radius 2 is 2.12 bits per heavy atom. The average molecular weight is 345 g/mol. The van der Waals surface area contributed by atoms with Gasteiger partial charge in [-0.25, -0.2) is 19.4 Å². The number of rotatable bonds is 4. The summed E-state index contributed by atoms with van der Waals surface area (Å²) >= 11 is 5.78. The lowest BCUT2D eigenvalue weighted by Gasteiger charge is -2.10. The Hall–Kier alpha value is -2.80. The molecule has 3 aromatic rings. The standard InChI is InChI=1S/C16H13ClN4O3/c1-2-24-16(23)13-14(22)11-4-3-7-18-15(11)21(20-13)9-10-5-6-12(17)19-8-10/h3-8H,2,9H2,1H3. The molecule has 0 aromatic carbocycles. The van der Waals surface area contributed by atoms with E-state index >= 15 is 0 Å². The molecule has 7 nitrogen and oxygen atoms in total. The molecule has 0 saturated carbocycles. The molecule has 3 rings (SSSR count). The van der Waals surface area contributed by atoms with Crippen molar-refractivity contribution in [1.29, 1.82) is 0 Å². The molecular formula is C16H13ClN4O3. The van der Waals surface area contributed by atoms with Gasteiger partial charge in [-0.1, -0.05) is 17.7 Å². The molecule has 0 radical (unpaired) electrons. The molecule has 24 heavy (non-hydrogen) atoms. The number of nitrogens with zero attached hydrogens (tertiary/aromatic N) is 4. The van der Waals surface area contributed by atoms with E-state index < -0.39 is 11.4 Å². The third kappa shape index (κ3) is 3.11. The maximum atomic E-state index is 12.4. The normalized spacial score (nSPS) is 10.8. The van der Waals surface area contributed by atoms with Crippen LogP contribution in [-0.4, -0.2) is 32.3 Å². The largest absolute Gasteiger partial charge is 0.461 e. The van der Waals surface area contributed by atoms with E-state index in [-0.39, 0.29) is 18.8 Å². The second-order valence-electron chi connectivity index (χ2n) is 4.92. The van der Waals surface area contributed by atoms with E-state index in [0.717, 1.165) is 5.56 Å². The van der Waals surface area contributed by atoms with Crippen LogP contribution in [0, 0.1) is 0 Å². The molecule has 122 valence electrons. The highest BCUT2D eigenvalue weighted by atomic mass is 35.5. The SMILES string of the molecule is CCOC(=O)c1nn(Cc2ccc(Cl)nc2)c2ncccc2c1=O. The molecule has 0 fully saturated rings. The van der Waals surface area contributed by atoms with Crippen LogP contribution in [0.25, 0.3) is 11.0 Å². The van der Waals surface area contributed by atoms with Crippen molar-refractivity contribution in [2.24, 2.45) is 0 Å². The average Bonchev–Trinajstić information content (AvgIpc) is 2.59. The fraction of sp³-hybridized carbons (Fsp3) is 0.188. The molecule has 8 heteroatoms. The number of hydrogen-bond donors (Lipinski definition) is 0. The van der Waals surface area contributed by atoms with Gasteiger partial charge in [0, 0.05) is 12.4 Å². The Morgan fingerprint density at radius 1 is 1.29 bits per heavy atom. The molecule has 0 spiro atoms. The Kier molecular flexibility index (Phi) is 4.52. The first-order valence-electron chi connectivity index (χ1n) is 7.23. The van der Waals surface area contributed by atoms with E-state index in [9.17, 15) is 9.59 Å². The molecule has 0 aliphatic rings. The minimum atomic E-state index is -0.753. The number of hydrogen-bond acceptors (Lipinski definition) is 6. The summed E-state index contributed by atoms with van der Waals surface area (Å²) in [5.41, 5.74) is 0.420. The van der Waals surface area contributed by atoms with E-state index in [1.165, 1.54) is 4.68 Å². The van der Waals surface area contributed by atoms with Crippen LogP contribution < -0.4 is 5.43 Å². The van der Waals surface area contributed by atoms with E-state index in [1.54, 1.807) is 43.6 Å². The first-order valence-corrected chi connectivity index (χ1v) is 7.61. The number of fused-ring (bicyclic) bond motifs is 1. The van der Waals surface area contributed by atoms with Crippen molar-refractivity contribution in [3.8, 4) is 0 Å². The fourth-order valence-electron chi connectivity index (χ4n) is 2.24. The summed E-state index contributed by atoms with van der Waals surface area (Å²) in [6.45, 7) is 2.11. The zero-order chi connectivity index (χ0) is 17.1. The quantitative estimate of drug-likeness (QED) is 0.532. The summed E-state index contributed by atoms with van der Waals surface area (Å²) in [7, 11) is 0. The van der Waals surface area contributed by atoms with Crippen LogP contribution in [0.5, 0.6) is 0 Å². The summed E-state index contributed by atoms with van der Waals surface area (Å²) in [5.74, 6) is -0.753. The van der Waals surface area contributed by atoms with Crippen molar-refractivity contribution in [2.45, 2.75) is 13.5 Å². The zero-order valence-electron chi connectivity index (χ0n) is 12.8. The lowest BCUT2D eigenvalue weighted by Crippen LogP contribution is -2.25. The smallest absolute Gasteiger partial charge is 0.362 e. The highest BCUT2D eigenvalue weighted by molar-refractivity contribution is 6.29. The van der Waals surface area contributed by atoms with E-state index in [4.69, 9.17) is 16.3 Å². The Labute approximate surface area is 141 Å². The summed E-state index contributed by atoms with van der Waals surface area (Å²) in [4.78, 5) is 32.7. The van der Waals surface area contributed by atoms with Crippen LogP contribution >= 0.6 is 11.6 Å². The maximum absolute atomic E-state index is 12.4. The maximum Gasteiger partial charge on any atom is 0.362 e. The van der Waals surface area contributed by atoms with E-state index in [2.05, 4.69) is 15.1 Å². The molecule has 0 aliphatic carbocycles. The molecule has 3 heterocycles. The number of halogens is 1. The van der Waals surface area contributed by atoms with Crippen molar-refractivity contribution in [3.63, 3.8) is 0 Å². The van der Waals surface area contributed by atoms with Crippen molar-refractivity contribution < 1.29 is 9.53 Å². The fourth-order valence-corrected chi connectivity index (χ4v) is 2.35. The van der Waals surface area contributed by atoms with Gasteiger partial charge in [-0.05, 0) is 30.7 Å². The molecule has 0 N–H and O–H groups in total. The van der Waals surface area contributed by atoms with Gasteiger partial charge in [-0.2, -0.15) is 5.10 Å². The summed E-state index contributed by atoms with van der Waals surface area (Å²) in [6, 6.07) is 6.67.